The highest BCUT2D eigenvalue weighted by molar-refractivity contribution is 7.99. The minimum Gasteiger partial charge on any atom is -0.357 e. The molecule has 0 unspecified atom stereocenters. The fourth-order valence-corrected chi connectivity index (χ4v) is 2.44. The summed E-state index contributed by atoms with van der Waals surface area (Å²) in [6.45, 7) is 2.77. The van der Waals surface area contributed by atoms with E-state index < -0.39 is 0 Å². The second kappa shape index (κ2) is 6.64. The molecule has 0 radical (unpaired) electrons. The molecule has 1 aromatic heterocycles. The number of nitrogens with zero attached hydrogens (tertiary/aromatic N) is 2. The summed E-state index contributed by atoms with van der Waals surface area (Å²) >= 11 is 1.54. The SMILES string of the molecule is CSCC(=O)NCc1ccnc(N2CCCC2)c1. The molecule has 0 spiro atoms. The Balaban J connectivity index is 1.92. The number of hydrogen-bond donors (Lipinski definition) is 1. The number of carbonyl (C=O) groups excluding carboxylic acids is 1. The Hall–Kier alpha value is -1.23. The molecule has 0 aromatic carbocycles. The fourth-order valence-electron chi connectivity index (χ4n) is 2.07. The molecule has 98 valence electrons. The topological polar surface area (TPSA) is 45.2 Å². The first-order chi connectivity index (χ1) is 8.79. The molecule has 1 aliphatic heterocycles. The quantitative estimate of drug-likeness (QED) is 0.879. The van der Waals surface area contributed by atoms with E-state index in [2.05, 4.69) is 21.3 Å². The van der Waals surface area contributed by atoms with E-state index in [1.807, 2.05) is 18.5 Å². The lowest BCUT2D eigenvalue weighted by atomic mass is 10.2. The monoisotopic (exact) mass is 265 g/mol. The summed E-state index contributed by atoms with van der Waals surface area (Å²) in [4.78, 5) is 18.1. The van der Waals surface area contributed by atoms with Crippen molar-refractivity contribution in [1.29, 1.82) is 0 Å². The third-order valence-corrected chi connectivity index (χ3v) is 3.56. The molecular formula is C13H19N3OS. The maximum absolute atomic E-state index is 11.4. The van der Waals surface area contributed by atoms with Gasteiger partial charge in [0.15, 0.2) is 0 Å². The first-order valence-corrected chi connectivity index (χ1v) is 7.64. The number of thioether (sulfide) groups is 1. The number of aromatic nitrogens is 1. The zero-order valence-corrected chi connectivity index (χ0v) is 11.5. The van der Waals surface area contributed by atoms with Gasteiger partial charge >= 0.3 is 0 Å². The third-order valence-electron chi connectivity index (χ3n) is 3.01. The number of nitrogens with one attached hydrogen (secondary N) is 1. The second-order valence-electron chi connectivity index (χ2n) is 4.43. The normalized spacial score (nSPS) is 14.8. The van der Waals surface area contributed by atoms with Crippen molar-refractivity contribution in [1.82, 2.24) is 10.3 Å². The van der Waals surface area contributed by atoms with Crippen LogP contribution in [0, 0.1) is 0 Å². The Morgan fingerprint density at radius 3 is 3.00 bits per heavy atom. The number of anilines is 1. The van der Waals surface area contributed by atoms with Gasteiger partial charge in [-0.15, -0.1) is 0 Å². The van der Waals surface area contributed by atoms with Gasteiger partial charge in [-0.3, -0.25) is 4.79 Å². The molecule has 2 rings (SSSR count). The zero-order valence-electron chi connectivity index (χ0n) is 10.7. The van der Waals surface area contributed by atoms with Crippen LogP contribution in [-0.4, -0.2) is 36.0 Å². The number of rotatable bonds is 5. The smallest absolute Gasteiger partial charge is 0.230 e. The molecule has 0 saturated carbocycles. The lowest BCUT2D eigenvalue weighted by Crippen LogP contribution is -2.25. The number of amides is 1. The Morgan fingerprint density at radius 2 is 2.28 bits per heavy atom. The van der Waals surface area contributed by atoms with Crippen LogP contribution in [0.5, 0.6) is 0 Å². The van der Waals surface area contributed by atoms with Gasteiger partial charge in [0.05, 0.1) is 5.75 Å². The van der Waals surface area contributed by atoms with Gasteiger partial charge in [-0.05, 0) is 36.8 Å². The van der Waals surface area contributed by atoms with Crippen LogP contribution < -0.4 is 10.2 Å². The number of hydrogen-bond acceptors (Lipinski definition) is 4. The van der Waals surface area contributed by atoms with Gasteiger partial charge in [-0.2, -0.15) is 11.8 Å². The van der Waals surface area contributed by atoms with Crippen molar-refractivity contribution in [3.05, 3.63) is 23.9 Å². The van der Waals surface area contributed by atoms with Crippen molar-refractivity contribution in [2.75, 3.05) is 30.0 Å². The minimum absolute atomic E-state index is 0.0852. The minimum atomic E-state index is 0.0852. The molecule has 2 heterocycles. The Bertz CT molecular complexity index is 405. The average Bonchev–Trinajstić information content (AvgIpc) is 2.91. The first-order valence-electron chi connectivity index (χ1n) is 6.25. The lowest BCUT2D eigenvalue weighted by molar-refractivity contribution is -0.118. The van der Waals surface area contributed by atoms with Crippen LogP contribution in [0.3, 0.4) is 0 Å². The van der Waals surface area contributed by atoms with Crippen LogP contribution >= 0.6 is 11.8 Å². The van der Waals surface area contributed by atoms with Crippen LogP contribution in [0.1, 0.15) is 18.4 Å². The summed E-state index contributed by atoms with van der Waals surface area (Å²) in [5.41, 5.74) is 1.11. The highest BCUT2D eigenvalue weighted by Gasteiger charge is 2.13. The summed E-state index contributed by atoms with van der Waals surface area (Å²) < 4.78 is 0. The fraction of sp³-hybridized carbons (Fsp3) is 0.538. The maximum atomic E-state index is 11.4. The van der Waals surface area contributed by atoms with Gasteiger partial charge in [-0.25, -0.2) is 4.98 Å². The van der Waals surface area contributed by atoms with Crippen LogP contribution in [-0.2, 0) is 11.3 Å². The molecule has 18 heavy (non-hydrogen) atoms. The van der Waals surface area contributed by atoms with Gasteiger partial charge < -0.3 is 10.2 Å². The number of carbonyl (C=O) groups is 1. The molecule has 1 fully saturated rings. The predicted octanol–water partition coefficient (Wildman–Crippen LogP) is 1.66. The molecule has 1 aliphatic rings. The van der Waals surface area contributed by atoms with Crippen molar-refractivity contribution >= 4 is 23.5 Å². The van der Waals surface area contributed by atoms with Crippen molar-refractivity contribution in [3.8, 4) is 0 Å². The molecule has 1 amide bonds. The summed E-state index contributed by atoms with van der Waals surface area (Å²) in [7, 11) is 0. The van der Waals surface area contributed by atoms with E-state index >= 15 is 0 Å². The standard InChI is InChI=1S/C13H19N3OS/c1-18-10-13(17)15-9-11-4-5-14-12(8-11)16-6-2-3-7-16/h4-5,8H,2-3,6-7,9-10H2,1H3,(H,15,17). The number of pyridine rings is 1. The van der Waals surface area contributed by atoms with Crippen LogP contribution in [0.15, 0.2) is 18.3 Å². The van der Waals surface area contributed by atoms with Crippen molar-refractivity contribution in [2.24, 2.45) is 0 Å². The van der Waals surface area contributed by atoms with Crippen LogP contribution in [0.25, 0.3) is 0 Å². The van der Waals surface area contributed by atoms with Gasteiger partial charge in [0.2, 0.25) is 5.91 Å². The van der Waals surface area contributed by atoms with Gasteiger partial charge in [0.1, 0.15) is 5.82 Å². The highest BCUT2D eigenvalue weighted by Crippen LogP contribution is 2.18. The van der Waals surface area contributed by atoms with Gasteiger partial charge in [0, 0.05) is 25.8 Å². The van der Waals surface area contributed by atoms with Crippen molar-refractivity contribution in [2.45, 2.75) is 19.4 Å². The zero-order chi connectivity index (χ0) is 12.8. The second-order valence-corrected chi connectivity index (χ2v) is 5.29. The van der Waals surface area contributed by atoms with E-state index in [9.17, 15) is 4.79 Å². The summed E-state index contributed by atoms with van der Waals surface area (Å²) in [5, 5.41) is 2.91. The summed E-state index contributed by atoms with van der Waals surface area (Å²) in [6.07, 6.45) is 6.24. The molecule has 1 aromatic rings. The van der Waals surface area contributed by atoms with E-state index in [1.165, 1.54) is 24.6 Å². The van der Waals surface area contributed by atoms with E-state index in [-0.39, 0.29) is 5.91 Å². The third kappa shape index (κ3) is 3.63. The summed E-state index contributed by atoms with van der Waals surface area (Å²) in [6, 6.07) is 4.03. The molecule has 1 saturated heterocycles. The van der Waals surface area contributed by atoms with Crippen molar-refractivity contribution < 1.29 is 4.79 Å². The van der Waals surface area contributed by atoms with E-state index in [0.717, 1.165) is 24.5 Å². The Labute approximate surface area is 112 Å². The largest absolute Gasteiger partial charge is 0.357 e. The molecule has 0 aliphatic carbocycles. The highest BCUT2D eigenvalue weighted by atomic mass is 32.2. The van der Waals surface area contributed by atoms with Crippen LogP contribution in [0.4, 0.5) is 5.82 Å². The average molecular weight is 265 g/mol. The maximum Gasteiger partial charge on any atom is 0.230 e. The molecular weight excluding hydrogens is 246 g/mol. The lowest BCUT2D eigenvalue weighted by Gasteiger charge is -2.16. The van der Waals surface area contributed by atoms with Gasteiger partial charge in [0.25, 0.3) is 0 Å². The molecule has 0 bridgehead atoms. The molecule has 0 atom stereocenters. The molecule has 4 nitrogen and oxygen atoms in total. The van der Waals surface area contributed by atoms with Crippen molar-refractivity contribution in [3.63, 3.8) is 0 Å². The van der Waals surface area contributed by atoms with E-state index in [4.69, 9.17) is 0 Å². The van der Waals surface area contributed by atoms with Crippen LogP contribution in [0.2, 0.25) is 0 Å². The first kappa shape index (κ1) is 13.2. The van der Waals surface area contributed by atoms with Gasteiger partial charge in [-0.1, -0.05) is 0 Å². The Kier molecular flexibility index (Phi) is 4.87. The molecule has 5 heteroatoms. The Morgan fingerprint density at radius 1 is 1.50 bits per heavy atom. The summed E-state index contributed by atoms with van der Waals surface area (Å²) in [5.74, 6) is 1.63. The van der Waals surface area contributed by atoms with E-state index in [1.54, 1.807) is 0 Å². The predicted molar refractivity (Wildman–Crippen MR) is 75.9 cm³/mol. The van der Waals surface area contributed by atoms with E-state index in [0.29, 0.717) is 12.3 Å². The molecule has 1 N–H and O–H groups in total.